The van der Waals surface area contributed by atoms with E-state index in [4.69, 9.17) is 4.74 Å². The maximum absolute atomic E-state index is 12.4. The summed E-state index contributed by atoms with van der Waals surface area (Å²) in [6, 6.07) is 15.5. The zero-order valence-corrected chi connectivity index (χ0v) is 15.8. The van der Waals surface area contributed by atoms with Crippen LogP contribution in [0.25, 0.3) is 10.9 Å². The lowest BCUT2D eigenvalue weighted by molar-refractivity contribution is -0.143. The fourth-order valence-corrected chi connectivity index (χ4v) is 4.21. The largest absolute Gasteiger partial charge is 0.468 e. The van der Waals surface area contributed by atoms with Crippen LogP contribution in [0.1, 0.15) is 5.56 Å². The van der Waals surface area contributed by atoms with E-state index in [1.165, 1.54) is 7.11 Å². The van der Waals surface area contributed by atoms with E-state index in [1.54, 1.807) is 30.3 Å². The standard InChI is InChI=1S/C20H22N2O4S/c1-26-20(23)19(13-15-14-22-18-10-6-5-9-17(15)18)21-11-12-27(24,25)16-7-3-2-4-8-16/h2-10,14,19,21-22H,11-13H2,1H3. The van der Waals surface area contributed by atoms with E-state index < -0.39 is 21.8 Å². The maximum atomic E-state index is 12.4. The van der Waals surface area contributed by atoms with Crippen molar-refractivity contribution in [2.45, 2.75) is 17.4 Å². The molecule has 3 rings (SSSR count). The van der Waals surface area contributed by atoms with Gasteiger partial charge in [-0.25, -0.2) is 8.42 Å². The summed E-state index contributed by atoms with van der Waals surface area (Å²) in [5.74, 6) is -0.518. The molecule has 142 valence electrons. The van der Waals surface area contributed by atoms with Crippen LogP contribution in [0.15, 0.2) is 65.7 Å². The van der Waals surface area contributed by atoms with Crippen molar-refractivity contribution in [3.8, 4) is 0 Å². The number of rotatable bonds is 8. The van der Waals surface area contributed by atoms with E-state index in [9.17, 15) is 13.2 Å². The van der Waals surface area contributed by atoms with Gasteiger partial charge in [0, 0.05) is 30.1 Å². The van der Waals surface area contributed by atoms with Gasteiger partial charge in [-0.15, -0.1) is 0 Å². The van der Waals surface area contributed by atoms with Crippen LogP contribution in [0, 0.1) is 0 Å². The van der Waals surface area contributed by atoms with E-state index in [1.807, 2.05) is 30.5 Å². The number of para-hydroxylation sites is 1. The van der Waals surface area contributed by atoms with Crippen LogP contribution in [-0.2, 0) is 25.8 Å². The molecule has 0 spiro atoms. The summed E-state index contributed by atoms with van der Waals surface area (Å²) in [6.45, 7) is 0.152. The number of hydrogen-bond donors (Lipinski definition) is 2. The lowest BCUT2D eigenvalue weighted by atomic mass is 10.1. The van der Waals surface area contributed by atoms with Gasteiger partial charge in [0.25, 0.3) is 0 Å². The first kappa shape index (κ1) is 19.1. The zero-order valence-electron chi connectivity index (χ0n) is 15.0. The molecule has 0 bridgehead atoms. The third-order valence-electron chi connectivity index (χ3n) is 4.45. The molecule has 0 aliphatic rings. The Kier molecular flexibility index (Phi) is 5.93. The van der Waals surface area contributed by atoms with E-state index in [0.29, 0.717) is 6.42 Å². The first-order valence-electron chi connectivity index (χ1n) is 8.65. The first-order valence-corrected chi connectivity index (χ1v) is 10.3. The third kappa shape index (κ3) is 4.56. The number of hydrogen-bond acceptors (Lipinski definition) is 5. The molecule has 27 heavy (non-hydrogen) atoms. The van der Waals surface area contributed by atoms with Crippen molar-refractivity contribution < 1.29 is 17.9 Å². The number of aromatic amines is 1. The Bertz CT molecular complexity index is 1010. The van der Waals surface area contributed by atoms with Crippen molar-refractivity contribution in [3.05, 3.63) is 66.4 Å². The first-order chi connectivity index (χ1) is 13.0. The van der Waals surface area contributed by atoms with E-state index in [2.05, 4.69) is 10.3 Å². The third-order valence-corrected chi connectivity index (χ3v) is 6.18. The minimum absolute atomic E-state index is 0.0988. The van der Waals surface area contributed by atoms with Crippen LogP contribution in [-0.4, -0.2) is 44.8 Å². The number of ether oxygens (including phenoxy) is 1. The molecule has 2 aromatic carbocycles. The second-order valence-electron chi connectivity index (χ2n) is 6.23. The fraction of sp³-hybridized carbons (Fsp3) is 0.250. The van der Waals surface area contributed by atoms with Gasteiger partial charge >= 0.3 is 5.97 Å². The van der Waals surface area contributed by atoms with E-state index in [-0.39, 0.29) is 17.2 Å². The van der Waals surface area contributed by atoms with Gasteiger partial charge in [-0.3, -0.25) is 4.79 Å². The summed E-state index contributed by atoms with van der Waals surface area (Å²) in [5.41, 5.74) is 1.96. The van der Waals surface area contributed by atoms with Gasteiger partial charge in [0.2, 0.25) is 0 Å². The number of esters is 1. The molecule has 0 amide bonds. The summed E-state index contributed by atoms with van der Waals surface area (Å²) >= 11 is 0. The molecule has 0 saturated heterocycles. The molecule has 3 aromatic rings. The number of methoxy groups -OCH3 is 1. The molecule has 0 fully saturated rings. The van der Waals surface area contributed by atoms with Gasteiger partial charge in [0.15, 0.2) is 9.84 Å². The van der Waals surface area contributed by atoms with Crippen LogP contribution in [0.3, 0.4) is 0 Å². The summed E-state index contributed by atoms with van der Waals surface area (Å²) in [6.07, 6.45) is 2.27. The highest BCUT2D eigenvalue weighted by atomic mass is 32.2. The number of aromatic nitrogens is 1. The Hall–Kier alpha value is -2.64. The van der Waals surface area contributed by atoms with Crippen molar-refractivity contribution >= 4 is 26.7 Å². The lowest BCUT2D eigenvalue weighted by Crippen LogP contribution is -2.41. The SMILES string of the molecule is COC(=O)C(Cc1c[nH]c2ccccc12)NCCS(=O)(=O)c1ccccc1. The minimum atomic E-state index is -3.41. The predicted octanol–water partition coefficient (Wildman–Crippen LogP) is 2.32. The highest BCUT2D eigenvalue weighted by Crippen LogP contribution is 2.19. The number of nitrogens with one attached hydrogen (secondary N) is 2. The van der Waals surface area contributed by atoms with E-state index in [0.717, 1.165) is 16.5 Å². The van der Waals surface area contributed by atoms with Crippen LogP contribution < -0.4 is 5.32 Å². The number of sulfone groups is 1. The highest BCUT2D eigenvalue weighted by molar-refractivity contribution is 7.91. The monoisotopic (exact) mass is 386 g/mol. The lowest BCUT2D eigenvalue weighted by Gasteiger charge is -2.16. The average Bonchev–Trinajstić information content (AvgIpc) is 3.10. The van der Waals surface area contributed by atoms with Crippen LogP contribution in [0.5, 0.6) is 0 Å². The van der Waals surface area contributed by atoms with Crippen molar-refractivity contribution in [1.82, 2.24) is 10.3 Å². The number of carbonyl (C=O) groups excluding carboxylic acids is 1. The molecule has 1 unspecified atom stereocenters. The average molecular weight is 386 g/mol. The summed E-state index contributed by atoms with van der Waals surface area (Å²) in [5, 5.41) is 4.06. The normalized spacial score (nSPS) is 12.8. The topological polar surface area (TPSA) is 88.3 Å². The van der Waals surface area contributed by atoms with Crippen LogP contribution in [0.4, 0.5) is 0 Å². The second kappa shape index (κ2) is 8.37. The second-order valence-corrected chi connectivity index (χ2v) is 8.33. The molecule has 0 radical (unpaired) electrons. The maximum Gasteiger partial charge on any atom is 0.323 e. The molecule has 6 nitrogen and oxygen atoms in total. The number of benzene rings is 2. The molecule has 1 atom stereocenters. The summed E-state index contributed by atoms with van der Waals surface area (Å²) < 4.78 is 29.6. The van der Waals surface area contributed by atoms with Crippen molar-refractivity contribution in [2.75, 3.05) is 19.4 Å². The molecule has 0 saturated carbocycles. The van der Waals surface area contributed by atoms with Gasteiger partial charge in [-0.05, 0) is 23.8 Å². The molecule has 0 aliphatic heterocycles. The summed E-state index contributed by atoms with van der Waals surface area (Å²) in [7, 11) is -2.08. The Balaban J connectivity index is 1.68. The predicted molar refractivity (Wildman–Crippen MR) is 104 cm³/mol. The molecule has 1 aromatic heterocycles. The van der Waals surface area contributed by atoms with Crippen molar-refractivity contribution in [2.24, 2.45) is 0 Å². The molecular formula is C20H22N2O4S. The van der Waals surface area contributed by atoms with Crippen molar-refractivity contribution in [3.63, 3.8) is 0 Å². The van der Waals surface area contributed by atoms with Gasteiger partial charge in [-0.2, -0.15) is 0 Å². The van der Waals surface area contributed by atoms with Crippen LogP contribution in [0.2, 0.25) is 0 Å². The van der Waals surface area contributed by atoms with Crippen molar-refractivity contribution in [1.29, 1.82) is 0 Å². The van der Waals surface area contributed by atoms with Gasteiger partial charge < -0.3 is 15.0 Å². The Labute approximate surface area is 158 Å². The van der Waals surface area contributed by atoms with Gasteiger partial charge in [0.1, 0.15) is 6.04 Å². The molecule has 2 N–H and O–H groups in total. The zero-order chi connectivity index (χ0) is 19.3. The Morgan fingerprint density at radius 2 is 1.81 bits per heavy atom. The minimum Gasteiger partial charge on any atom is -0.468 e. The van der Waals surface area contributed by atoms with Gasteiger partial charge in [-0.1, -0.05) is 36.4 Å². The summed E-state index contributed by atoms with van der Waals surface area (Å²) in [4.78, 5) is 15.6. The quantitative estimate of drug-likeness (QED) is 0.580. The molecule has 7 heteroatoms. The van der Waals surface area contributed by atoms with Gasteiger partial charge in [0.05, 0.1) is 17.8 Å². The molecular weight excluding hydrogens is 364 g/mol. The number of H-pyrrole nitrogens is 1. The number of carbonyl (C=O) groups is 1. The smallest absolute Gasteiger partial charge is 0.323 e. The highest BCUT2D eigenvalue weighted by Gasteiger charge is 2.22. The fourth-order valence-electron chi connectivity index (χ4n) is 3.01. The molecule has 0 aliphatic carbocycles. The number of fused-ring (bicyclic) bond motifs is 1. The van der Waals surface area contributed by atoms with E-state index >= 15 is 0 Å². The Morgan fingerprint density at radius 1 is 1.11 bits per heavy atom. The van der Waals surface area contributed by atoms with Crippen LogP contribution >= 0.6 is 0 Å². The molecule has 1 heterocycles. The Morgan fingerprint density at radius 3 is 2.56 bits per heavy atom.